The standard InChI is InChI=1S/C16H16BrN5/c17-11-5-6-14(20-10-11)13(9-18)15-7-8-19-16(22-15)21-12-3-1-2-4-12/h5-8,10,12H,1-4H2,(H2,19,21,22)/b15-13+. The highest BCUT2D eigenvalue weighted by Crippen LogP contribution is 2.22. The Morgan fingerprint density at radius 2 is 2.18 bits per heavy atom. The van der Waals surface area contributed by atoms with Gasteiger partial charge in [-0.2, -0.15) is 5.26 Å². The molecule has 5 nitrogen and oxygen atoms in total. The van der Waals surface area contributed by atoms with Crippen LogP contribution in [0.1, 0.15) is 31.4 Å². The summed E-state index contributed by atoms with van der Waals surface area (Å²) in [5.41, 5.74) is 1.86. The Morgan fingerprint density at radius 3 is 2.86 bits per heavy atom. The first kappa shape index (κ1) is 14.8. The van der Waals surface area contributed by atoms with Crippen LogP contribution in [0.2, 0.25) is 0 Å². The van der Waals surface area contributed by atoms with Crippen molar-refractivity contribution in [1.82, 2.24) is 15.6 Å². The molecule has 6 heteroatoms. The van der Waals surface area contributed by atoms with Crippen LogP contribution in [0.25, 0.3) is 5.57 Å². The van der Waals surface area contributed by atoms with Gasteiger partial charge in [0, 0.05) is 16.9 Å². The summed E-state index contributed by atoms with van der Waals surface area (Å²) in [4.78, 5) is 8.97. The van der Waals surface area contributed by atoms with Crippen molar-refractivity contribution >= 4 is 27.5 Å². The molecule has 1 saturated carbocycles. The summed E-state index contributed by atoms with van der Waals surface area (Å²) in [6.07, 6.45) is 10.1. The summed E-state index contributed by atoms with van der Waals surface area (Å²) >= 11 is 3.35. The molecule has 2 N–H and O–H groups in total. The van der Waals surface area contributed by atoms with E-state index < -0.39 is 0 Å². The highest BCUT2D eigenvalue weighted by molar-refractivity contribution is 9.10. The molecule has 0 bridgehead atoms. The SMILES string of the molecule is N#C/C(=C1/C=CNC(=NC2CCCC2)N1)c1ccc(Br)cn1. The lowest BCUT2D eigenvalue weighted by molar-refractivity contribution is 0.696. The average molecular weight is 358 g/mol. The number of hydrogen-bond donors (Lipinski definition) is 2. The molecular weight excluding hydrogens is 342 g/mol. The number of allylic oxidation sites excluding steroid dienone is 2. The lowest BCUT2D eigenvalue weighted by Gasteiger charge is -2.18. The summed E-state index contributed by atoms with van der Waals surface area (Å²) in [5.74, 6) is 0.703. The molecule has 1 aliphatic carbocycles. The molecule has 2 heterocycles. The van der Waals surface area contributed by atoms with Crippen LogP contribution >= 0.6 is 15.9 Å². The normalized spacial score (nSPS) is 22.1. The Bertz CT molecular complexity index is 675. The summed E-state index contributed by atoms with van der Waals surface area (Å²) in [7, 11) is 0. The van der Waals surface area contributed by atoms with Crippen molar-refractivity contribution in [3.05, 3.63) is 46.5 Å². The number of guanidine groups is 1. The maximum Gasteiger partial charge on any atom is 0.200 e. The van der Waals surface area contributed by atoms with E-state index in [1.54, 1.807) is 12.4 Å². The predicted molar refractivity (Wildman–Crippen MR) is 89.6 cm³/mol. The molecule has 3 rings (SSSR count). The van der Waals surface area contributed by atoms with Gasteiger partial charge in [-0.15, -0.1) is 0 Å². The first-order valence-corrected chi connectivity index (χ1v) is 8.10. The van der Waals surface area contributed by atoms with E-state index in [-0.39, 0.29) is 0 Å². The van der Waals surface area contributed by atoms with Gasteiger partial charge in [0.05, 0.1) is 17.4 Å². The minimum Gasteiger partial charge on any atom is -0.333 e. The second kappa shape index (κ2) is 6.75. The average Bonchev–Trinajstić information content (AvgIpc) is 3.03. The topological polar surface area (TPSA) is 73.1 Å². The Kier molecular flexibility index (Phi) is 4.54. The fourth-order valence-corrected chi connectivity index (χ4v) is 2.85. The van der Waals surface area contributed by atoms with Crippen LogP contribution in [-0.2, 0) is 0 Å². The van der Waals surface area contributed by atoms with Gasteiger partial charge in [0.25, 0.3) is 0 Å². The first-order valence-electron chi connectivity index (χ1n) is 7.30. The van der Waals surface area contributed by atoms with E-state index in [4.69, 9.17) is 0 Å². The maximum absolute atomic E-state index is 9.48. The number of nitriles is 1. The first-order chi connectivity index (χ1) is 10.8. The minimum absolute atomic E-state index is 0.374. The lowest BCUT2D eigenvalue weighted by atomic mass is 10.1. The molecule has 0 atom stereocenters. The Labute approximate surface area is 138 Å². The maximum atomic E-state index is 9.48. The van der Waals surface area contributed by atoms with Crippen molar-refractivity contribution in [2.75, 3.05) is 0 Å². The quantitative estimate of drug-likeness (QED) is 0.797. The third-order valence-electron chi connectivity index (χ3n) is 3.72. The van der Waals surface area contributed by atoms with Gasteiger partial charge in [0.15, 0.2) is 5.96 Å². The Balaban J connectivity index is 1.88. The summed E-state index contributed by atoms with van der Waals surface area (Å²) in [5, 5.41) is 15.8. The summed E-state index contributed by atoms with van der Waals surface area (Å²) in [6.45, 7) is 0. The number of nitrogens with one attached hydrogen (secondary N) is 2. The number of hydrogen-bond acceptors (Lipinski definition) is 3. The zero-order valence-corrected chi connectivity index (χ0v) is 13.6. The van der Waals surface area contributed by atoms with Crippen molar-refractivity contribution in [2.24, 2.45) is 4.99 Å². The molecule has 0 amide bonds. The molecule has 1 aromatic rings. The van der Waals surface area contributed by atoms with Gasteiger partial charge in [-0.1, -0.05) is 12.8 Å². The molecule has 0 unspecified atom stereocenters. The van der Waals surface area contributed by atoms with Crippen LogP contribution < -0.4 is 10.6 Å². The molecule has 0 radical (unpaired) electrons. The molecule has 22 heavy (non-hydrogen) atoms. The molecule has 1 fully saturated rings. The van der Waals surface area contributed by atoms with Crippen molar-refractivity contribution in [2.45, 2.75) is 31.7 Å². The zero-order chi connectivity index (χ0) is 15.4. The van der Waals surface area contributed by atoms with E-state index in [0.717, 1.165) is 17.3 Å². The zero-order valence-electron chi connectivity index (χ0n) is 12.0. The van der Waals surface area contributed by atoms with Crippen molar-refractivity contribution in [3.63, 3.8) is 0 Å². The van der Waals surface area contributed by atoms with Gasteiger partial charge in [-0.05, 0) is 47.0 Å². The van der Waals surface area contributed by atoms with E-state index >= 15 is 0 Å². The van der Waals surface area contributed by atoms with Gasteiger partial charge in [-0.25, -0.2) is 4.99 Å². The molecule has 1 aliphatic heterocycles. The van der Waals surface area contributed by atoms with Crippen molar-refractivity contribution < 1.29 is 0 Å². The molecule has 1 aromatic heterocycles. The Hall–Kier alpha value is -2.13. The fourth-order valence-electron chi connectivity index (χ4n) is 2.62. The van der Waals surface area contributed by atoms with Crippen LogP contribution in [0.5, 0.6) is 0 Å². The van der Waals surface area contributed by atoms with E-state index in [1.807, 2.05) is 18.2 Å². The molecule has 0 aromatic carbocycles. The second-order valence-electron chi connectivity index (χ2n) is 5.28. The second-order valence-corrected chi connectivity index (χ2v) is 6.20. The number of aromatic nitrogens is 1. The number of aliphatic imine (C=N–C) groups is 1. The van der Waals surface area contributed by atoms with Gasteiger partial charge < -0.3 is 10.6 Å². The van der Waals surface area contributed by atoms with Crippen molar-refractivity contribution in [3.8, 4) is 6.07 Å². The fraction of sp³-hybridized carbons (Fsp3) is 0.312. The monoisotopic (exact) mass is 357 g/mol. The minimum atomic E-state index is 0.374. The van der Waals surface area contributed by atoms with Crippen LogP contribution in [0.15, 0.2) is 45.8 Å². The van der Waals surface area contributed by atoms with Gasteiger partial charge in [-0.3, -0.25) is 4.98 Å². The van der Waals surface area contributed by atoms with Gasteiger partial charge in [0.1, 0.15) is 11.6 Å². The van der Waals surface area contributed by atoms with E-state index in [1.165, 1.54) is 12.8 Å². The van der Waals surface area contributed by atoms with Crippen LogP contribution in [0.3, 0.4) is 0 Å². The van der Waals surface area contributed by atoms with E-state index in [2.05, 4.69) is 42.6 Å². The third kappa shape index (κ3) is 3.37. The number of rotatable bonds is 2. The number of halogens is 1. The van der Waals surface area contributed by atoms with Crippen LogP contribution in [0.4, 0.5) is 0 Å². The molecule has 2 aliphatic rings. The Morgan fingerprint density at radius 1 is 1.36 bits per heavy atom. The van der Waals surface area contributed by atoms with E-state index in [9.17, 15) is 5.26 Å². The summed E-state index contributed by atoms with van der Waals surface area (Å²) in [6, 6.07) is 6.30. The molecule has 0 saturated heterocycles. The number of nitrogens with zero attached hydrogens (tertiary/aromatic N) is 3. The highest BCUT2D eigenvalue weighted by atomic mass is 79.9. The van der Waals surface area contributed by atoms with Crippen molar-refractivity contribution in [1.29, 1.82) is 5.26 Å². The third-order valence-corrected chi connectivity index (χ3v) is 4.19. The van der Waals surface area contributed by atoms with E-state index in [0.29, 0.717) is 29.0 Å². The molecule has 112 valence electrons. The number of pyridine rings is 1. The lowest BCUT2D eigenvalue weighted by Crippen LogP contribution is -2.38. The smallest absolute Gasteiger partial charge is 0.200 e. The van der Waals surface area contributed by atoms with Gasteiger partial charge >= 0.3 is 0 Å². The molecular formula is C16H16BrN5. The highest BCUT2D eigenvalue weighted by Gasteiger charge is 2.17. The predicted octanol–water partition coefficient (Wildman–Crippen LogP) is 3.08. The van der Waals surface area contributed by atoms with Crippen LogP contribution in [0, 0.1) is 11.3 Å². The summed E-state index contributed by atoms with van der Waals surface area (Å²) < 4.78 is 0.885. The van der Waals surface area contributed by atoms with Gasteiger partial charge in [0.2, 0.25) is 0 Å². The van der Waals surface area contributed by atoms with Crippen LogP contribution in [-0.4, -0.2) is 17.0 Å². The largest absolute Gasteiger partial charge is 0.333 e. The molecule has 0 spiro atoms.